The van der Waals surface area contributed by atoms with E-state index in [0.29, 0.717) is 24.3 Å². The minimum absolute atomic E-state index is 0.0539. The van der Waals surface area contributed by atoms with E-state index in [1.54, 1.807) is 6.07 Å². The molecule has 0 unspecified atom stereocenters. The molecule has 2 heterocycles. The van der Waals surface area contributed by atoms with Gasteiger partial charge in [0.15, 0.2) is 14.9 Å². The van der Waals surface area contributed by atoms with Gasteiger partial charge in [0.25, 0.3) is 0 Å². The molecule has 28 heavy (non-hydrogen) atoms. The zero-order valence-electron chi connectivity index (χ0n) is 16.2. The van der Waals surface area contributed by atoms with Crippen LogP contribution < -0.4 is 4.74 Å². The van der Waals surface area contributed by atoms with Gasteiger partial charge in [-0.05, 0) is 43.5 Å². The Bertz CT molecular complexity index is 952. The molecule has 7 heteroatoms. The van der Waals surface area contributed by atoms with E-state index in [1.165, 1.54) is 12.3 Å². The monoisotopic (exact) mass is 399 g/mol. The number of nitrogens with zero attached hydrogens (tertiary/aromatic N) is 3. The molecule has 1 aliphatic rings. The van der Waals surface area contributed by atoms with E-state index in [1.807, 2.05) is 24.3 Å². The lowest BCUT2D eigenvalue weighted by atomic mass is 10.1. The second kappa shape index (κ2) is 8.72. The summed E-state index contributed by atoms with van der Waals surface area (Å²) < 4.78 is 28.7. The van der Waals surface area contributed by atoms with Crippen LogP contribution in [0.5, 0.6) is 5.75 Å². The van der Waals surface area contributed by atoms with Gasteiger partial charge in [-0.1, -0.05) is 18.2 Å². The Labute approximate surface area is 166 Å². The quantitative estimate of drug-likeness (QED) is 0.712. The first-order valence-electron chi connectivity index (χ1n) is 9.38. The maximum Gasteiger partial charge on any atom is 0.192 e. The van der Waals surface area contributed by atoms with E-state index < -0.39 is 9.84 Å². The molecule has 1 saturated heterocycles. The van der Waals surface area contributed by atoms with Crippen LogP contribution in [0.25, 0.3) is 0 Å². The van der Waals surface area contributed by atoms with Crippen molar-refractivity contribution >= 4 is 9.84 Å². The van der Waals surface area contributed by atoms with E-state index >= 15 is 0 Å². The number of nitriles is 1. The maximum absolute atomic E-state index is 11.5. The van der Waals surface area contributed by atoms with Gasteiger partial charge in [0.1, 0.15) is 5.75 Å². The van der Waals surface area contributed by atoms with Crippen molar-refractivity contribution in [3.8, 4) is 11.8 Å². The van der Waals surface area contributed by atoms with E-state index in [9.17, 15) is 13.7 Å². The van der Waals surface area contributed by atoms with Crippen LogP contribution in [0.1, 0.15) is 24.5 Å². The average Bonchev–Trinajstić information content (AvgIpc) is 3.04. The van der Waals surface area contributed by atoms with Crippen molar-refractivity contribution in [1.82, 2.24) is 9.88 Å². The number of sulfone groups is 1. The first-order valence-corrected chi connectivity index (χ1v) is 11.3. The highest BCUT2D eigenvalue weighted by molar-refractivity contribution is 7.90. The summed E-state index contributed by atoms with van der Waals surface area (Å²) in [5.74, 6) is 0.997. The van der Waals surface area contributed by atoms with Gasteiger partial charge in [-0.25, -0.2) is 13.4 Å². The number of hydrogen-bond donors (Lipinski definition) is 0. The third-order valence-corrected chi connectivity index (χ3v) is 6.17. The Kier molecular flexibility index (Phi) is 6.32. The third-order valence-electron chi connectivity index (χ3n) is 5.17. The lowest BCUT2D eigenvalue weighted by Crippen LogP contribution is -2.30. The Morgan fingerprint density at radius 3 is 2.75 bits per heavy atom. The second-order valence-electron chi connectivity index (χ2n) is 7.38. The summed E-state index contributed by atoms with van der Waals surface area (Å²) in [6, 6.07) is 13.6. The smallest absolute Gasteiger partial charge is 0.192 e. The molecule has 148 valence electrons. The molecule has 1 aromatic carbocycles. The van der Waals surface area contributed by atoms with Crippen LogP contribution in [0.3, 0.4) is 0 Å². The molecule has 1 fully saturated rings. The lowest BCUT2D eigenvalue weighted by molar-refractivity contribution is 0.234. The topological polar surface area (TPSA) is 83.3 Å². The lowest BCUT2D eigenvalue weighted by Gasteiger charge is -2.21. The summed E-state index contributed by atoms with van der Waals surface area (Å²) in [5.41, 5.74) is 1.84. The van der Waals surface area contributed by atoms with Crippen LogP contribution in [-0.4, -0.2) is 50.3 Å². The Morgan fingerprint density at radius 1 is 1.29 bits per heavy atom. The highest BCUT2D eigenvalue weighted by Gasteiger charge is 2.29. The average molecular weight is 400 g/mol. The first-order chi connectivity index (χ1) is 13.4. The highest BCUT2D eigenvalue weighted by atomic mass is 32.2. The molecule has 1 aromatic heterocycles. The molecule has 0 amide bonds. The van der Waals surface area contributed by atoms with Crippen molar-refractivity contribution in [3.63, 3.8) is 0 Å². The van der Waals surface area contributed by atoms with Gasteiger partial charge in [-0.3, -0.25) is 4.90 Å². The molecule has 0 saturated carbocycles. The summed E-state index contributed by atoms with van der Waals surface area (Å²) in [4.78, 5) is 6.39. The number of likely N-dealkylation sites (tertiary alicyclic amines) is 1. The SMILES string of the molecule is C[C@@H]1C[C@H](COc2ccc(S(C)(=O)=O)nc2)CN1CCc1ccccc1C#N. The van der Waals surface area contributed by atoms with Crippen LogP contribution >= 0.6 is 0 Å². The van der Waals surface area contributed by atoms with Crippen LogP contribution in [0.15, 0.2) is 47.6 Å². The largest absolute Gasteiger partial charge is 0.492 e. The molecule has 0 bridgehead atoms. The van der Waals surface area contributed by atoms with Crippen LogP contribution in [-0.2, 0) is 16.3 Å². The van der Waals surface area contributed by atoms with Crippen molar-refractivity contribution in [1.29, 1.82) is 5.26 Å². The molecular weight excluding hydrogens is 374 g/mol. The number of hydrogen-bond acceptors (Lipinski definition) is 6. The van der Waals surface area contributed by atoms with Gasteiger partial charge in [0.2, 0.25) is 0 Å². The molecule has 2 aromatic rings. The van der Waals surface area contributed by atoms with Crippen LogP contribution in [0.2, 0.25) is 0 Å². The first kappa shape index (κ1) is 20.3. The van der Waals surface area contributed by atoms with Crippen molar-refractivity contribution in [2.24, 2.45) is 5.92 Å². The van der Waals surface area contributed by atoms with Gasteiger partial charge in [-0.2, -0.15) is 5.26 Å². The summed E-state index contributed by atoms with van der Waals surface area (Å²) in [6.07, 6.45) is 4.51. The number of ether oxygens (including phenoxy) is 1. The molecule has 0 radical (unpaired) electrons. The molecule has 3 rings (SSSR count). The van der Waals surface area contributed by atoms with Gasteiger partial charge in [0.05, 0.1) is 24.4 Å². The zero-order chi connectivity index (χ0) is 20.1. The van der Waals surface area contributed by atoms with Crippen molar-refractivity contribution in [2.45, 2.75) is 30.8 Å². The predicted molar refractivity (Wildman–Crippen MR) is 107 cm³/mol. The molecule has 0 aliphatic carbocycles. The summed E-state index contributed by atoms with van der Waals surface area (Å²) in [5, 5.41) is 9.28. The fraction of sp³-hybridized carbons (Fsp3) is 0.429. The summed E-state index contributed by atoms with van der Waals surface area (Å²) in [7, 11) is -3.29. The normalized spacial score (nSPS) is 20.0. The second-order valence-corrected chi connectivity index (χ2v) is 9.34. The maximum atomic E-state index is 11.5. The minimum atomic E-state index is -3.29. The van der Waals surface area contributed by atoms with E-state index in [0.717, 1.165) is 43.3 Å². The number of rotatable bonds is 7. The zero-order valence-corrected chi connectivity index (χ0v) is 17.0. The number of benzene rings is 1. The fourth-order valence-corrected chi connectivity index (χ4v) is 4.21. The number of aromatic nitrogens is 1. The molecule has 0 N–H and O–H groups in total. The van der Waals surface area contributed by atoms with Crippen LogP contribution in [0.4, 0.5) is 0 Å². The van der Waals surface area contributed by atoms with Gasteiger partial charge < -0.3 is 4.74 Å². The third kappa shape index (κ3) is 5.09. The molecule has 6 nitrogen and oxygen atoms in total. The Balaban J connectivity index is 1.50. The Morgan fingerprint density at radius 2 is 2.07 bits per heavy atom. The number of pyridine rings is 1. The summed E-state index contributed by atoms with van der Waals surface area (Å²) >= 11 is 0. The molecular formula is C21H25N3O3S. The van der Waals surface area contributed by atoms with Crippen molar-refractivity contribution < 1.29 is 13.2 Å². The summed E-state index contributed by atoms with van der Waals surface area (Å²) in [6.45, 7) is 4.67. The standard InChI is InChI=1S/C21H25N3O3S/c1-16-11-17(15-27-20-7-8-21(23-13-20)28(2,25)26)14-24(16)10-9-18-5-3-4-6-19(18)12-22/h3-8,13,16-17H,9-11,14-15H2,1-2H3/t16-,17+/m1/s1. The van der Waals surface area contributed by atoms with Crippen molar-refractivity contribution in [3.05, 3.63) is 53.7 Å². The van der Waals surface area contributed by atoms with Gasteiger partial charge in [-0.15, -0.1) is 0 Å². The van der Waals surface area contributed by atoms with Gasteiger partial charge >= 0.3 is 0 Å². The molecule has 1 aliphatic heterocycles. The van der Waals surface area contributed by atoms with Crippen LogP contribution in [0, 0.1) is 17.2 Å². The Hall–Kier alpha value is -2.43. The molecule has 2 atom stereocenters. The predicted octanol–water partition coefficient (Wildman–Crippen LogP) is 2.69. The van der Waals surface area contributed by atoms with E-state index in [-0.39, 0.29) is 5.03 Å². The highest BCUT2D eigenvalue weighted by Crippen LogP contribution is 2.25. The minimum Gasteiger partial charge on any atom is -0.492 e. The van der Waals surface area contributed by atoms with E-state index in [4.69, 9.17) is 4.74 Å². The van der Waals surface area contributed by atoms with Gasteiger partial charge in [0, 0.05) is 31.3 Å². The molecule has 0 spiro atoms. The van der Waals surface area contributed by atoms with Crippen molar-refractivity contribution in [2.75, 3.05) is 26.0 Å². The fourth-order valence-electron chi connectivity index (χ4n) is 3.65. The van der Waals surface area contributed by atoms with E-state index in [2.05, 4.69) is 22.9 Å².